The van der Waals surface area contributed by atoms with Crippen molar-refractivity contribution in [2.45, 2.75) is 46.6 Å². The fourth-order valence-electron chi connectivity index (χ4n) is 4.69. The maximum absolute atomic E-state index is 13.8. The minimum absolute atomic E-state index is 0.189. The van der Waals surface area contributed by atoms with Gasteiger partial charge in [0.15, 0.2) is 0 Å². The molecule has 4 rings (SSSR count). The van der Waals surface area contributed by atoms with Gasteiger partial charge in [0.2, 0.25) is 5.62 Å². The summed E-state index contributed by atoms with van der Waals surface area (Å²) >= 11 is 0. The summed E-state index contributed by atoms with van der Waals surface area (Å²) in [5.74, 6) is -0.0454. The van der Waals surface area contributed by atoms with E-state index in [9.17, 15) is 14.4 Å². The predicted octanol–water partition coefficient (Wildman–Crippen LogP) is 3.37. The number of carbonyl (C=O) groups is 2. The first-order chi connectivity index (χ1) is 18.7. The molecule has 1 N–H and O–H groups in total. The van der Waals surface area contributed by atoms with Crippen LogP contribution in [0.5, 0.6) is 5.75 Å². The van der Waals surface area contributed by atoms with Crippen molar-refractivity contribution in [3.8, 4) is 5.75 Å². The highest BCUT2D eigenvalue weighted by molar-refractivity contribution is 5.91. The Labute approximate surface area is 226 Å². The van der Waals surface area contributed by atoms with E-state index in [1.54, 1.807) is 44.2 Å². The quantitative estimate of drug-likeness (QED) is 0.446. The van der Waals surface area contributed by atoms with Crippen molar-refractivity contribution in [3.05, 3.63) is 97.3 Å². The van der Waals surface area contributed by atoms with E-state index in [0.29, 0.717) is 45.9 Å². The van der Waals surface area contributed by atoms with Crippen LogP contribution in [0, 0.1) is 0 Å². The number of imidazole rings is 1. The summed E-state index contributed by atoms with van der Waals surface area (Å²) in [6.07, 6.45) is 1.67. The largest absolute Gasteiger partial charge is 0.494 e. The van der Waals surface area contributed by atoms with Crippen molar-refractivity contribution in [2.24, 2.45) is 4.99 Å². The lowest BCUT2D eigenvalue weighted by atomic mass is 9.92. The topological polar surface area (TPSA) is 112 Å². The Morgan fingerprint density at radius 3 is 2.41 bits per heavy atom. The van der Waals surface area contributed by atoms with Crippen LogP contribution in [0.3, 0.4) is 0 Å². The predicted molar refractivity (Wildman–Crippen MR) is 146 cm³/mol. The zero-order valence-electron chi connectivity index (χ0n) is 23.0. The van der Waals surface area contributed by atoms with Crippen molar-refractivity contribution >= 4 is 18.0 Å². The number of allylic oxidation sites excluding steroid dienone is 1. The smallest absolute Gasteiger partial charge is 0.338 e. The number of carbonyl (C=O) groups excluding carboxylic acids is 2. The second kappa shape index (κ2) is 11.6. The lowest BCUT2D eigenvalue weighted by Gasteiger charge is -2.25. The Morgan fingerprint density at radius 2 is 1.79 bits per heavy atom. The van der Waals surface area contributed by atoms with Crippen LogP contribution < -0.4 is 21.3 Å². The molecule has 0 saturated carbocycles. The Hall–Kier alpha value is -4.40. The van der Waals surface area contributed by atoms with Crippen LogP contribution in [0.2, 0.25) is 0 Å². The van der Waals surface area contributed by atoms with Gasteiger partial charge in [-0.25, -0.2) is 14.6 Å². The number of esters is 2. The summed E-state index contributed by atoms with van der Waals surface area (Å²) in [6, 6.07) is 11.7. The molecular weight excluding hydrogens is 498 g/mol. The van der Waals surface area contributed by atoms with E-state index in [1.807, 2.05) is 25.1 Å². The zero-order chi connectivity index (χ0) is 28.3. The third kappa shape index (κ3) is 5.43. The molecule has 39 heavy (non-hydrogen) atoms. The fourth-order valence-corrected chi connectivity index (χ4v) is 4.69. The van der Waals surface area contributed by atoms with Gasteiger partial charge in [0.25, 0.3) is 5.56 Å². The van der Waals surface area contributed by atoms with E-state index in [4.69, 9.17) is 14.2 Å². The number of ether oxygens (including phenoxy) is 3. The van der Waals surface area contributed by atoms with Gasteiger partial charge in [-0.1, -0.05) is 38.1 Å². The fraction of sp³-hybridized carbons (Fsp3) is 0.333. The monoisotopic (exact) mass is 531 g/mol. The molecule has 0 spiro atoms. The molecule has 0 amide bonds. The standard InChI is InChI=1S/C30H33N3O6/c1-7-38-24-16-21(13-14-22(24)17(3)4)26-25(29(36)39-8-2)18(5)31-30-32-23(27(34)33(26)30)15-19-9-11-20(12-10-19)28(35)37-6/h9-17,26H,7-8H2,1-6H3,(H,31,32)/b23-15-. The lowest BCUT2D eigenvalue weighted by molar-refractivity contribution is -0.139. The average molecular weight is 532 g/mol. The van der Waals surface area contributed by atoms with Gasteiger partial charge in [-0.05, 0) is 67.7 Å². The summed E-state index contributed by atoms with van der Waals surface area (Å²) in [6.45, 7) is 10.2. The Bertz CT molecular complexity index is 1610. The molecule has 1 aromatic heterocycles. The second-order valence-electron chi connectivity index (χ2n) is 9.41. The third-order valence-electron chi connectivity index (χ3n) is 6.53. The van der Waals surface area contributed by atoms with Gasteiger partial charge in [-0.15, -0.1) is 0 Å². The number of nitrogens with one attached hydrogen (secondary N) is 1. The highest BCUT2D eigenvalue weighted by atomic mass is 16.5. The molecule has 1 atom stereocenters. The first-order valence-electron chi connectivity index (χ1n) is 12.9. The average Bonchev–Trinajstić information content (AvgIpc) is 3.21. The molecular formula is C30H33N3O6. The van der Waals surface area contributed by atoms with Crippen molar-refractivity contribution in [1.82, 2.24) is 9.55 Å². The molecule has 1 aliphatic rings. The van der Waals surface area contributed by atoms with Gasteiger partial charge in [-0.3, -0.25) is 9.36 Å². The first-order valence-corrected chi connectivity index (χ1v) is 12.9. The second-order valence-corrected chi connectivity index (χ2v) is 9.41. The van der Waals surface area contributed by atoms with E-state index >= 15 is 0 Å². The molecule has 1 aliphatic heterocycles. The number of methoxy groups -OCH3 is 1. The molecule has 2 heterocycles. The number of rotatable bonds is 8. The number of aromatic nitrogens is 2. The van der Waals surface area contributed by atoms with Crippen LogP contribution in [0.4, 0.5) is 0 Å². The SMILES string of the molecule is CCOC(=O)C1=C(C)N=c2[nH]/c(=C\c3ccc(C(=O)OC)cc3)c(=O)n2C1c1ccc(C(C)C)c(OCC)c1. The van der Waals surface area contributed by atoms with Crippen LogP contribution in [0.25, 0.3) is 6.08 Å². The summed E-state index contributed by atoms with van der Waals surface area (Å²) in [5, 5.41) is 0.284. The van der Waals surface area contributed by atoms with E-state index in [1.165, 1.54) is 11.7 Å². The molecule has 0 aliphatic carbocycles. The molecule has 204 valence electrons. The van der Waals surface area contributed by atoms with Gasteiger partial charge in [0, 0.05) is 0 Å². The summed E-state index contributed by atoms with van der Waals surface area (Å²) in [4.78, 5) is 46.4. The minimum Gasteiger partial charge on any atom is -0.494 e. The van der Waals surface area contributed by atoms with Gasteiger partial charge in [0.1, 0.15) is 11.1 Å². The maximum Gasteiger partial charge on any atom is 0.338 e. The molecule has 9 heteroatoms. The molecule has 3 aromatic rings. The van der Waals surface area contributed by atoms with Gasteiger partial charge in [0.05, 0.1) is 43.2 Å². The molecule has 9 nitrogen and oxygen atoms in total. The van der Waals surface area contributed by atoms with Gasteiger partial charge in [-0.2, -0.15) is 0 Å². The van der Waals surface area contributed by atoms with Gasteiger partial charge < -0.3 is 19.2 Å². The van der Waals surface area contributed by atoms with E-state index in [-0.39, 0.29) is 23.4 Å². The zero-order valence-corrected chi connectivity index (χ0v) is 23.0. The lowest BCUT2D eigenvalue weighted by Crippen LogP contribution is -2.40. The molecule has 1 unspecified atom stereocenters. The van der Waals surface area contributed by atoms with Crippen molar-refractivity contribution in [3.63, 3.8) is 0 Å². The number of fused-ring (bicyclic) bond motifs is 1. The Balaban J connectivity index is 1.91. The highest BCUT2D eigenvalue weighted by Gasteiger charge is 2.33. The van der Waals surface area contributed by atoms with E-state index in [2.05, 4.69) is 23.8 Å². The number of benzene rings is 2. The van der Waals surface area contributed by atoms with Crippen molar-refractivity contribution in [2.75, 3.05) is 20.3 Å². The number of hydrogen-bond donors (Lipinski definition) is 1. The first kappa shape index (κ1) is 27.6. The van der Waals surface area contributed by atoms with Crippen molar-refractivity contribution < 1.29 is 23.8 Å². The minimum atomic E-state index is -0.774. The molecule has 0 radical (unpaired) electrons. The summed E-state index contributed by atoms with van der Waals surface area (Å²) < 4.78 is 17.6. The number of nitrogens with zero attached hydrogens (tertiary/aromatic N) is 2. The highest BCUT2D eigenvalue weighted by Crippen LogP contribution is 2.35. The van der Waals surface area contributed by atoms with E-state index < -0.39 is 18.0 Å². The van der Waals surface area contributed by atoms with Crippen LogP contribution in [0.1, 0.15) is 73.6 Å². The number of aromatic amines is 1. The molecule has 0 saturated heterocycles. The molecule has 0 bridgehead atoms. The third-order valence-corrected chi connectivity index (χ3v) is 6.53. The number of H-pyrrole nitrogens is 1. The molecule has 2 aromatic carbocycles. The molecule has 0 fully saturated rings. The van der Waals surface area contributed by atoms with Crippen molar-refractivity contribution in [1.29, 1.82) is 0 Å². The van der Waals surface area contributed by atoms with Crippen LogP contribution in [-0.2, 0) is 14.3 Å². The van der Waals surface area contributed by atoms with E-state index in [0.717, 1.165) is 5.56 Å². The van der Waals surface area contributed by atoms with Crippen LogP contribution in [0.15, 0.2) is 63.5 Å². The van der Waals surface area contributed by atoms with Gasteiger partial charge >= 0.3 is 11.9 Å². The van der Waals surface area contributed by atoms with Crippen LogP contribution >= 0.6 is 0 Å². The summed E-state index contributed by atoms with van der Waals surface area (Å²) in [7, 11) is 1.32. The Morgan fingerprint density at radius 1 is 1.08 bits per heavy atom. The van der Waals surface area contributed by atoms with Crippen LogP contribution in [-0.4, -0.2) is 41.8 Å². The summed E-state index contributed by atoms with van der Waals surface area (Å²) in [5.41, 5.74) is 3.56. The normalized spacial score (nSPS) is 15.2. The maximum atomic E-state index is 13.8. The Kier molecular flexibility index (Phi) is 8.18. The number of hydrogen-bond acceptors (Lipinski definition) is 7.